The van der Waals surface area contributed by atoms with E-state index in [4.69, 9.17) is 32.5 Å². The third kappa shape index (κ3) is 3.58. The zero-order valence-electron chi connectivity index (χ0n) is 12.3. The van der Waals surface area contributed by atoms with Gasteiger partial charge in [0.25, 0.3) is 0 Å². The molecule has 0 atom stereocenters. The fourth-order valence-corrected chi connectivity index (χ4v) is 2.71. The van der Waals surface area contributed by atoms with E-state index in [0.717, 1.165) is 5.39 Å². The van der Waals surface area contributed by atoms with Crippen LogP contribution in [-0.2, 0) is 16.0 Å². The van der Waals surface area contributed by atoms with Crippen molar-refractivity contribution in [2.75, 3.05) is 6.61 Å². The molecule has 1 heterocycles. The molecule has 0 saturated carbocycles. The van der Waals surface area contributed by atoms with Gasteiger partial charge in [-0.15, -0.1) is 0 Å². The number of aromatic nitrogens is 1. The van der Waals surface area contributed by atoms with Gasteiger partial charge in [0.2, 0.25) is 5.78 Å². The van der Waals surface area contributed by atoms with Crippen LogP contribution in [0.1, 0.15) is 16.1 Å². The summed E-state index contributed by atoms with van der Waals surface area (Å²) in [6, 6.07) is 11.7. The lowest BCUT2D eigenvalue weighted by molar-refractivity contribution is -0.141. The number of benzene rings is 2. The summed E-state index contributed by atoms with van der Waals surface area (Å²) in [7, 11) is 0. The average Bonchev–Trinajstić information content (AvgIpc) is 2.96. The Labute approximate surface area is 147 Å². The molecule has 7 heteroatoms. The van der Waals surface area contributed by atoms with Gasteiger partial charge in [-0.25, -0.2) is 0 Å². The number of fused-ring (bicyclic) bond motifs is 1. The molecule has 0 fully saturated rings. The highest BCUT2D eigenvalue weighted by molar-refractivity contribution is 6.36. The van der Waals surface area contributed by atoms with Crippen LogP contribution in [0, 0.1) is 0 Å². The van der Waals surface area contributed by atoms with Crippen molar-refractivity contribution in [3.63, 3.8) is 0 Å². The van der Waals surface area contributed by atoms with Crippen molar-refractivity contribution < 1.29 is 18.8 Å². The standard InChI is InChI=1S/C17H11Cl2NO4/c18-10-5-6-11(13(19)7-10)15(21)9-23-17(22)8-14-12-3-1-2-4-16(12)24-20-14/h1-7H,8-9H2. The minimum absolute atomic E-state index is 0.0847. The molecule has 3 aromatic rings. The third-order valence-electron chi connectivity index (χ3n) is 3.36. The second-order valence-corrected chi connectivity index (χ2v) is 5.85. The Morgan fingerprint density at radius 1 is 1.12 bits per heavy atom. The van der Waals surface area contributed by atoms with E-state index < -0.39 is 18.4 Å². The molecule has 3 rings (SSSR count). The van der Waals surface area contributed by atoms with Crippen molar-refractivity contribution in [3.05, 3.63) is 63.8 Å². The second kappa shape index (κ2) is 7.03. The molecule has 0 aliphatic heterocycles. The van der Waals surface area contributed by atoms with Gasteiger partial charge in [-0.1, -0.05) is 40.5 Å². The van der Waals surface area contributed by atoms with Crippen molar-refractivity contribution in [3.8, 4) is 0 Å². The van der Waals surface area contributed by atoms with Crippen LogP contribution in [-0.4, -0.2) is 23.5 Å². The zero-order chi connectivity index (χ0) is 17.1. The van der Waals surface area contributed by atoms with Crippen molar-refractivity contribution in [1.82, 2.24) is 5.16 Å². The van der Waals surface area contributed by atoms with Gasteiger partial charge in [-0.2, -0.15) is 0 Å². The smallest absolute Gasteiger partial charge is 0.312 e. The van der Waals surface area contributed by atoms with Crippen LogP contribution in [0.3, 0.4) is 0 Å². The molecule has 122 valence electrons. The van der Waals surface area contributed by atoms with E-state index in [1.165, 1.54) is 12.1 Å². The van der Waals surface area contributed by atoms with E-state index in [1.54, 1.807) is 18.2 Å². The molecule has 1 aromatic heterocycles. The fourth-order valence-electron chi connectivity index (χ4n) is 2.19. The molecule has 24 heavy (non-hydrogen) atoms. The minimum atomic E-state index is -0.576. The molecular weight excluding hydrogens is 353 g/mol. The van der Waals surface area contributed by atoms with Crippen molar-refractivity contribution in [2.45, 2.75) is 6.42 Å². The Morgan fingerprint density at radius 3 is 2.71 bits per heavy atom. The summed E-state index contributed by atoms with van der Waals surface area (Å²) in [6.07, 6.45) is -0.0847. The number of carbonyl (C=O) groups excluding carboxylic acids is 2. The summed E-state index contributed by atoms with van der Waals surface area (Å²) in [4.78, 5) is 24.0. The average molecular weight is 364 g/mol. The van der Waals surface area contributed by atoms with Crippen LogP contribution in [0.5, 0.6) is 0 Å². The van der Waals surface area contributed by atoms with E-state index >= 15 is 0 Å². The number of para-hydroxylation sites is 1. The molecule has 5 nitrogen and oxygen atoms in total. The van der Waals surface area contributed by atoms with Gasteiger partial charge in [0, 0.05) is 16.0 Å². The van der Waals surface area contributed by atoms with E-state index in [0.29, 0.717) is 16.3 Å². The lowest BCUT2D eigenvalue weighted by Gasteiger charge is -2.05. The van der Waals surface area contributed by atoms with Gasteiger partial charge in [-0.3, -0.25) is 9.59 Å². The predicted molar refractivity (Wildman–Crippen MR) is 89.5 cm³/mol. The highest BCUT2D eigenvalue weighted by atomic mass is 35.5. The Bertz CT molecular complexity index is 920. The molecule has 0 aliphatic carbocycles. The Morgan fingerprint density at radius 2 is 1.92 bits per heavy atom. The van der Waals surface area contributed by atoms with Crippen LogP contribution in [0.2, 0.25) is 10.0 Å². The van der Waals surface area contributed by atoms with Crippen LogP contribution in [0.25, 0.3) is 11.0 Å². The quantitative estimate of drug-likeness (QED) is 0.504. The molecule has 0 spiro atoms. The highest BCUT2D eigenvalue weighted by Gasteiger charge is 2.16. The SMILES string of the molecule is O=C(Cc1noc2ccccc12)OCC(=O)c1ccc(Cl)cc1Cl. The number of rotatable bonds is 5. The maximum atomic E-state index is 12.1. The zero-order valence-corrected chi connectivity index (χ0v) is 13.8. The lowest BCUT2D eigenvalue weighted by Crippen LogP contribution is -2.16. The third-order valence-corrected chi connectivity index (χ3v) is 3.91. The van der Waals surface area contributed by atoms with Crippen molar-refractivity contribution in [2.24, 2.45) is 0 Å². The Balaban J connectivity index is 1.62. The van der Waals surface area contributed by atoms with Crippen molar-refractivity contribution >= 4 is 45.9 Å². The van der Waals surface area contributed by atoms with Gasteiger partial charge in [0.05, 0.1) is 11.4 Å². The summed E-state index contributed by atoms with van der Waals surface area (Å²) < 4.78 is 10.1. The predicted octanol–water partition coefficient (Wildman–Crippen LogP) is 4.10. The van der Waals surface area contributed by atoms with Crippen LogP contribution >= 0.6 is 23.2 Å². The number of hydrogen-bond acceptors (Lipinski definition) is 5. The second-order valence-electron chi connectivity index (χ2n) is 5.01. The summed E-state index contributed by atoms with van der Waals surface area (Å²) >= 11 is 11.7. The molecule has 0 N–H and O–H groups in total. The van der Waals surface area contributed by atoms with Gasteiger partial charge in [0.1, 0.15) is 5.69 Å². The van der Waals surface area contributed by atoms with E-state index in [9.17, 15) is 9.59 Å². The van der Waals surface area contributed by atoms with Crippen LogP contribution < -0.4 is 0 Å². The maximum Gasteiger partial charge on any atom is 0.312 e. The topological polar surface area (TPSA) is 69.4 Å². The number of esters is 1. The number of Topliss-reactive ketones (excluding diaryl/α,β-unsaturated/α-hetero) is 1. The van der Waals surface area contributed by atoms with Gasteiger partial charge in [-0.05, 0) is 30.3 Å². The number of nitrogens with zero attached hydrogens (tertiary/aromatic N) is 1. The summed E-state index contributed by atoms with van der Waals surface area (Å²) in [5.41, 5.74) is 1.30. The molecule has 0 radical (unpaired) electrons. The first kappa shape index (κ1) is 16.5. The normalized spacial score (nSPS) is 10.8. The highest BCUT2D eigenvalue weighted by Crippen LogP contribution is 2.22. The number of halogens is 2. The first-order valence-electron chi connectivity index (χ1n) is 7.02. The lowest BCUT2D eigenvalue weighted by atomic mass is 10.1. The van der Waals surface area contributed by atoms with Crippen molar-refractivity contribution in [1.29, 1.82) is 0 Å². The minimum Gasteiger partial charge on any atom is -0.457 e. The summed E-state index contributed by atoms with van der Waals surface area (Å²) in [5, 5.41) is 5.22. The summed E-state index contributed by atoms with van der Waals surface area (Å²) in [5.74, 6) is -0.984. The molecule has 0 unspecified atom stereocenters. The Hall–Kier alpha value is -2.37. The molecule has 0 amide bonds. The molecule has 0 bridgehead atoms. The van der Waals surface area contributed by atoms with Gasteiger partial charge in [0.15, 0.2) is 12.2 Å². The van der Waals surface area contributed by atoms with E-state index in [-0.39, 0.29) is 17.0 Å². The number of ether oxygens (including phenoxy) is 1. The molecule has 2 aromatic carbocycles. The van der Waals surface area contributed by atoms with E-state index in [2.05, 4.69) is 5.16 Å². The van der Waals surface area contributed by atoms with Crippen LogP contribution in [0.4, 0.5) is 0 Å². The molecular formula is C17H11Cl2NO4. The first-order valence-corrected chi connectivity index (χ1v) is 7.77. The fraction of sp³-hybridized carbons (Fsp3) is 0.118. The van der Waals surface area contributed by atoms with Gasteiger partial charge >= 0.3 is 5.97 Å². The largest absolute Gasteiger partial charge is 0.457 e. The molecule has 0 aliphatic rings. The number of carbonyl (C=O) groups is 2. The molecule has 0 saturated heterocycles. The first-order chi connectivity index (χ1) is 11.5. The van der Waals surface area contributed by atoms with Crippen LogP contribution in [0.15, 0.2) is 47.0 Å². The number of ketones is 1. The number of hydrogen-bond donors (Lipinski definition) is 0. The summed E-state index contributed by atoms with van der Waals surface area (Å²) in [6.45, 7) is -0.407. The monoisotopic (exact) mass is 363 g/mol. The maximum absolute atomic E-state index is 12.1. The van der Waals surface area contributed by atoms with E-state index in [1.807, 2.05) is 12.1 Å². The van der Waals surface area contributed by atoms with Gasteiger partial charge < -0.3 is 9.26 Å². The Kier molecular flexibility index (Phi) is 4.83.